The third-order valence-electron chi connectivity index (χ3n) is 2.50. The molecule has 0 aliphatic heterocycles. The molecule has 0 aliphatic rings. The number of hydrogen-bond donors (Lipinski definition) is 1. The van der Waals surface area contributed by atoms with Crippen LogP contribution in [0.2, 0.25) is 0 Å². The Balaban J connectivity index is 2.31. The summed E-state index contributed by atoms with van der Waals surface area (Å²) < 4.78 is 6.54. The van der Waals surface area contributed by atoms with Gasteiger partial charge >= 0.3 is 5.97 Å². The first-order valence-electron chi connectivity index (χ1n) is 5.86. The highest BCUT2D eigenvalue weighted by atomic mass is 79.9. The molecule has 0 bridgehead atoms. The zero-order valence-electron chi connectivity index (χ0n) is 10.7. The van der Waals surface area contributed by atoms with Gasteiger partial charge in [-0.05, 0) is 58.8 Å². The molecule has 1 heterocycles. The van der Waals surface area contributed by atoms with Crippen LogP contribution in [0.5, 0.6) is 11.6 Å². The quantitative estimate of drug-likeness (QED) is 0.857. The lowest BCUT2D eigenvalue weighted by Gasteiger charge is -2.09. The van der Waals surface area contributed by atoms with Crippen molar-refractivity contribution in [2.75, 3.05) is 0 Å². The molecule has 1 N–H and O–H groups in total. The summed E-state index contributed by atoms with van der Waals surface area (Å²) in [7, 11) is 0. The van der Waals surface area contributed by atoms with Crippen LogP contribution in [0.4, 0.5) is 0 Å². The van der Waals surface area contributed by atoms with Gasteiger partial charge in [0.25, 0.3) is 0 Å². The summed E-state index contributed by atoms with van der Waals surface area (Å²) in [5.41, 5.74) is 1.71. The summed E-state index contributed by atoms with van der Waals surface area (Å²) in [6, 6.07) is 9.15. The molecule has 102 valence electrons. The fourth-order valence-corrected chi connectivity index (χ4v) is 2.14. The third-order valence-corrected chi connectivity index (χ3v) is 3.12. The third kappa shape index (κ3) is 3.68. The van der Waals surface area contributed by atoms with Gasteiger partial charge in [0.2, 0.25) is 5.88 Å². The molecule has 2 aromatic rings. The molecule has 4 nitrogen and oxygen atoms in total. The van der Waals surface area contributed by atoms with E-state index in [1.54, 1.807) is 18.3 Å². The Morgan fingerprint density at radius 1 is 1.40 bits per heavy atom. The Morgan fingerprint density at radius 3 is 2.90 bits per heavy atom. The molecule has 2 rings (SSSR count). The molecule has 5 heteroatoms. The van der Waals surface area contributed by atoms with Crippen molar-refractivity contribution in [3.05, 3.63) is 58.2 Å². The second-order valence-corrected chi connectivity index (χ2v) is 4.96. The van der Waals surface area contributed by atoms with Crippen LogP contribution in [-0.2, 0) is 4.79 Å². The van der Waals surface area contributed by atoms with Crippen LogP contribution in [0.3, 0.4) is 0 Å². The monoisotopic (exact) mass is 333 g/mol. The van der Waals surface area contributed by atoms with E-state index >= 15 is 0 Å². The lowest BCUT2D eigenvalue weighted by atomic mass is 10.2. The van der Waals surface area contributed by atoms with E-state index < -0.39 is 5.97 Å². The smallest absolute Gasteiger partial charge is 0.328 e. The number of rotatable bonds is 4. The van der Waals surface area contributed by atoms with Gasteiger partial charge in [-0.2, -0.15) is 0 Å². The lowest BCUT2D eigenvalue weighted by Crippen LogP contribution is -1.93. The van der Waals surface area contributed by atoms with E-state index in [2.05, 4.69) is 20.9 Å². The molecule has 0 radical (unpaired) electrons. The van der Waals surface area contributed by atoms with Crippen molar-refractivity contribution in [2.24, 2.45) is 0 Å². The number of aliphatic carboxylic acids is 1. The maximum Gasteiger partial charge on any atom is 0.328 e. The molecule has 0 saturated carbocycles. The fraction of sp³-hybridized carbons (Fsp3) is 0.0667. The van der Waals surface area contributed by atoms with Crippen molar-refractivity contribution in [1.82, 2.24) is 4.98 Å². The van der Waals surface area contributed by atoms with Crippen molar-refractivity contribution in [3.63, 3.8) is 0 Å². The summed E-state index contributed by atoms with van der Waals surface area (Å²) in [4.78, 5) is 14.7. The number of aromatic nitrogens is 1. The largest absolute Gasteiger partial charge is 0.478 e. The molecule has 0 amide bonds. The van der Waals surface area contributed by atoms with Crippen LogP contribution in [0.15, 0.2) is 47.1 Å². The molecule has 0 fully saturated rings. The van der Waals surface area contributed by atoms with Crippen LogP contribution in [0.25, 0.3) is 6.08 Å². The van der Waals surface area contributed by atoms with Crippen LogP contribution < -0.4 is 4.74 Å². The standard InChI is InChI=1S/C15H12BrNO3/c1-10-4-6-13(12(16)9-10)20-15-11(3-2-8-17-15)5-7-14(18)19/h2-9H,1H3,(H,18,19)/b7-5+. The number of carboxylic acid groups (broad SMARTS) is 1. The number of nitrogens with zero attached hydrogens (tertiary/aromatic N) is 1. The minimum Gasteiger partial charge on any atom is -0.478 e. The normalized spacial score (nSPS) is 10.7. The number of carboxylic acids is 1. The number of pyridine rings is 1. The predicted octanol–water partition coefficient (Wildman–Crippen LogP) is 4.04. The van der Waals surface area contributed by atoms with E-state index in [0.29, 0.717) is 17.2 Å². The first kappa shape index (κ1) is 14.3. The van der Waals surface area contributed by atoms with Crippen LogP contribution in [0, 0.1) is 6.92 Å². The molecule has 0 atom stereocenters. The van der Waals surface area contributed by atoms with Gasteiger partial charge in [0.15, 0.2) is 0 Å². The van der Waals surface area contributed by atoms with Crippen LogP contribution in [0.1, 0.15) is 11.1 Å². The highest BCUT2D eigenvalue weighted by molar-refractivity contribution is 9.10. The van der Waals surface area contributed by atoms with Crippen molar-refractivity contribution >= 4 is 28.0 Å². The second kappa shape index (κ2) is 6.34. The summed E-state index contributed by atoms with van der Waals surface area (Å²) >= 11 is 3.43. The summed E-state index contributed by atoms with van der Waals surface area (Å²) in [5.74, 6) is -0.0369. The van der Waals surface area contributed by atoms with Gasteiger partial charge in [0.1, 0.15) is 5.75 Å². The maximum absolute atomic E-state index is 10.6. The average molecular weight is 334 g/mol. The number of aryl methyl sites for hydroxylation is 1. The van der Waals surface area contributed by atoms with E-state index in [0.717, 1.165) is 16.1 Å². The van der Waals surface area contributed by atoms with E-state index in [-0.39, 0.29) is 0 Å². The highest BCUT2D eigenvalue weighted by Gasteiger charge is 2.07. The number of hydrogen-bond acceptors (Lipinski definition) is 3. The van der Waals surface area contributed by atoms with Gasteiger partial charge in [0, 0.05) is 17.8 Å². The number of ether oxygens (including phenoxy) is 1. The Kier molecular flexibility index (Phi) is 4.53. The minimum absolute atomic E-state index is 0.356. The van der Waals surface area contributed by atoms with E-state index in [1.807, 2.05) is 25.1 Å². The summed E-state index contributed by atoms with van der Waals surface area (Å²) in [6.07, 6.45) is 4.09. The Bertz CT molecular complexity index is 668. The van der Waals surface area contributed by atoms with Crippen LogP contribution >= 0.6 is 15.9 Å². The summed E-state index contributed by atoms with van der Waals surface area (Å²) in [5, 5.41) is 8.67. The summed E-state index contributed by atoms with van der Waals surface area (Å²) in [6.45, 7) is 1.98. The zero-order chi connectivity index (χ0) is 14.5. The molecule has 0 spiro atoms. The second-order valence-electron chi connectivity index (χ2n) is 4.11. The molecule has 0 saturated heterocycles. The van der Waals surface area contributed by atoms with Gasteiger partial charge < -0.3 is 9.84 Å². The van der Waals surface area contributed by atoms with Gasteiger partial charge in [-0.3, -0.25) is 0 Å². The van der Waals surface area contributed by atoms with Crippen molar-refractivity contribution in [3.8, 4) is 11.6 Å². The first-order chi connectivity index (χ1) is 9.56. The molecule has 1 aromatic heterocycles. The molecule has 0 aliphatic carbocycles. The van der Waals surface area contributed by atoms with Gasteiger partial charge in [0.05, 0.1) is 4.47 Å². The number of carbonyl (C=O) groups is 1. The average Bonchev–Trinajstić information content (AvgIpc) is 2.41. The van der Waals surface area contributed by atoms with Crippen molar-refractivity contribution < 1.29 is 14.6 Å². The molecule has 20 heavy (non-hydrogen) atoms. The highest BCUT2D eigenvalue weighted by Crippen LogP contribution is 2.31. The Morgan fingerprint density at radius 2 is 2.20 bits per heavy atom. The first-order valence-corrected chi connectivity index (χ1v) is 6.65. The topological polar surface area (TPSA) is 59.4 Å². The minimum atomic E-state index is -1.02. The Labute approximate surface area is 124 Å². The molecular formula is C15H12BrNO3. The zero-order valence-corrected chi connectivity index (χ0v) is 12.3. The molecule has 0 unspecified atom stereocenters. The lowest BCUT2D eigenvalue weighted by molar-refractivity contribution is -0.131. The van der Waals surface area contributed by atoms with Crippen LogP contribution in [-0.4, -0.2) is 16.1 Å². The van der Waals surface area contributed by atoms with Crippen molar-refractivity contribution in [2.45, 2.75) is 6.92 Å². The number of benzene rings is 1. The van der Waals surface area contributed by atoms with Gasteiger partial charge in [-0.1, -0.05) is 6.07 Å². The predicted molar refractivity (Wildman–Crippen MR) is 79.9 cm³/mol. The molecule has 1 aromatic carbocycles. The van der Waals surface area contributed by atoms with Crippen molar-refractivity contribution in [1.29, 1.82) is 0 Å². The van der Waals surface area contributed by atoms with E-state index in [4.69, 9.17) is 9.84 Å². The fourth-order valence-electron chi connectivity index (χ4n) is 1.57. The number of halogens is 1. The van der Waals surface area contributed by atoms with E-state index in [1.165, 1.54) is 6.08 Å². The van der Waals surface area contributed by atoms with Gasteiger partial charge in [-0.25, -0.2) is 9.78 Å². The Hall–Kier alpha value is -2.14. The maximum atomic E-state index is 10.6. The van der Waals surface area contributed by atoms with Gasteiger partial charge in [-0.15, -0.1) is 0 Å². The van der Waals surface area contributed by atoms with E-state index in [9.17, 15) is 4.79 Å². The SMILES string of the molecule is Cc1ccc(Oc2ncccc2/C=C/C(=O)O)c(Br)c1. The molecular weight excluding hydrogens is 322 g/mol.